The van der Waals surface area contributed by atoms with Gasteiger partial charge in [0.05, 0.1) is 11.5 Å². The van der Waals surface area contributed by atoms with E-state index in [1.165, 1.54) is 0 Å². The van der Waals surface area contributed by atoms with Gasteiger partial charge in [-0.15, -0.1) is 0 Å². The van der Waals surface area contributed by atoms with E-state index in [9.17, 15) is 13.2 Å². The lowest BCUT2D eigenvalue weighted by molar-refractivity contribution is 0.0697. The van der Waals surface area contributed by atoms with Crippen LogP contribution in [-0.2, 0) is 9.84 Å². The van der Waals surface area contributed by atoms with E-state index in [-0.39, 0.29) is 23.5 Å². The third-order valence-corrected chi connectivity index (χ3v) is 5.94. The molecule has 0 spiro atoms. The zero-order valence-electron chi connectivity index (χ0n) is 11.4. The summed E-state index contributed by atoms with van der Waals surface area (Å²) in [5.41, 5.74) is 0.628. The van der Waals surface area contributed by atoms with E-state index in [0.29, 0.717) is 18.5 Å². The van der Waals surface area contributed by atoms with Crippen molar-refractivity contribution >= 4 is 38.3 Å². The van der Waals surface area contributed by atoms with Crippen molar-refractivity contribution in [2.45, 2.75) is 25.8 Å². The van der Waals surface area contributed by atoms with Crippen molar-refractivity contribution in [3.63, 3.8) is 0 Å². The highest BCUT2D eigenvalue weighted by Crippen LogP contribution is 2.20. The van der Waals surface area contributed by atoms with Crippen molar-refractivity contribution in [2.75, 3.05) is 18.1 Å². The predicted octanol–water partition coefficient (Wildman–Crippen LogP) is 2.33. The zero-order valence-corrected chi connectivity index (χ0v) is 14.4. The summed E-state index contributed by atoms with van der Waals surface area (Å²) in [5, 5.41) is 0. The molecule has 1 saturated heterocycles. The first-order valence-electron chi connectivity index (χ1n) is 6.70. The molecule has 1 aromatic carbocycles. The Morgan fingerprint density at radius 3 is 2.50 bits per heavy atom. The molecule has 1 aliphatic rings. The van der Waals surface area contributed by atoms with Crippen LogP contribution >= 0.6 is 22.6 Å². The molecule has 0 bridgehead atoms. The van der Waals surface area contributed by atoms with Gasteiger partial charge in [-0.1, -0.05) is 6.92 Å². The third-order valence-electron chi connectivity index (χ3n) is 3.47. The molecule has 0 N–H and O–H groups in total. The molecule has 1 aliphatic heterocycles. The molecule has 2 rings (SSSR count). The summed E-state index contributed by atoms with van der Waals surface area (Å²) in [5.74, 6) is 0.228. The molecule has 0 radical (unpaired) electrons. The van der Waals surface area contributed by atoms with Gasteiger partial charge in [-0.3, -0.25) is 4.79 Å². The SMILES string of the molecule is CCCN(C(=O)c1ccc(I)cc1)C1CCS(=O)(=O)C1. The second-order valence-corrected chi connectivity index (χ2v) is 8.54. The number of halogens is 1. The van der Waals surface area contributed by atoms with Crippen LogP contribution in [0.5, 0.6) is 0 Å². The van der Waals surface area contributed by atoms with E-state index >= 15 is 0 Å². The largest absolute Gasteiger partial charge is 0.335 e. The van der Waals surface area contributed by atoms with Gasteiger partial charge in [0, 0.05) is 21.7 Å². The first-order chi connectivity index (χ1) is 9.43. The van der Waals surface area contributed by atoms with Crippen molar-refractivity contribution in [3.05, 3.63) is 33.4 Å². The minimum Gasteiger partial charge on any atom is -0.335 e. The first-order valence-corrected chi connectivity index (χ1v) is 9.60. The number of amides is 1. The number of hydrogen-bond acceptors (Lipinski definition) is 3. The monoisotopic (exact) mass is 407 g/mol. The molecule has 1 fully saturated rings. The van der Waals surface area contributed by atoms with E-state index in [1.807, 2.05) is 19.1 Å². The van der Waals surface area contributed by atoms with Crippen LogP contribution in [0.2, 0.25) is 0 Å². The second-order valence-electron chi connectivity index (χ2n) is 5.06. The second kappa shape index (κ2) is 6.43. The summed E-state index contributed by atoms with van der Waals surface area (Å²) >= 11 is 2.19. The van der Waals surface area contributed by atoms with Crippen molar-refractivity contribution in [2.24, 2.45) is 0 Å². The van der Waals surface area contributed by atoms with Crippen molar-refractivity contribution in [1.82, 2.24) is 4.90 Å². The van der Waals surface area contributed by atoms with Crippen molar-refractivity contribution in [1.29, 1.82) is 0 Å². The number of carbonyl (C=O) groups is 1. The Morgan fingerprint density at radius 1 is 1.35 bits per heavy atom. The summed E-state index contributed by atoms with van der Waals surface area (Å²) in [4.78, 5) is 14.3. The van der Waals surface area contributed by atoms with Crippen LogP contribution in [0.3, 0.4) is 0 Å². The Labute approximate surface area is 133 Å². The lowest BCUT2D eigenvalue weighted by Crippen LogP contribution is -2.41. The normalized spacial score (nSPS) is 20.8. The van der Waals surface area contributed by atoms with Crippen LogP contribution < -0.4 is 0 Å². The number of hydrogen-bond donors (Lipinski definition) is 0. The van der Waals surface area contributed by atoms with Gasteiger partial charge in [-0.05, 0) is 59.7 Å². The molecule has 6 heteroatoms. The van der Waals surface area contributed by atoms with Gasteiger partial charge in [0.25, 0.3) is 5.91 Å². The van der Waals surface area contributed by atoms with Gasteiger partial charge in [0.2, 0.25) is 0 Å². The minimum absolute atomic E-state index is 0.0645. The summed E-state index contributed by atoms with van der Waals surface area (Å²) in [6.45, 7) is 2.60. The van der Waals surface area contributed by atoms with Crippen molar-refractivity contribution in [3.8, 4) is 0 Å². The topological polar surface area (TPSA) is 54.5 Å². The van der Waals surface area contributed by atoms with E-state index < -0.39 is 9.84 Å². The molecule has 1 unspecified atom stereocenters. The molecule has 1 atom stereocenters. The summed E-state index contributed by atoms with van der Waals surface area (Å²) in [7, 11) is -2.98. The van der Waals surface area contributed by atoms with Gasteiger partial charge in [0.1, 0.15) is 0 Å². The maximum Gasteiger partial charge on any atom is 0.254 e. The Hall–Kier alpha value is -0.630. The fourth-order valence-corrected chi connectivity index (χ4v) is 4.56. The highest BCUT2D eigenvalue weighted by atomic mass is 127. The van der Waals surface area contributed by atoms with E-state index in [1.54, 1.807) is 17.0 Å². The molecular weight excluding hydrogens is 389 g/mol. The quantitative estimate of drug-likeness (QED) is 0.721. The highest BCUT2D eigenvalue weighted by molar-refractivity contribution is 14.1. The average molecular weight is 407 g/mol. The molecule has 1 amide bonds. The van der Waals surface area contributed by atoms with Gasteiger partial charge < -0.3 is 4.90 Å². The lowest BCUT2D eigenvalue weighted by Gasteiger charge is -2.28. The third kappa shape index (κ3) is 3.72. The van der Waals surface area contributed by atoms with E-state index in [0.717, 1.165) is 9.99 Å². The smallest absolute Gasteiger partial charge is 0.254 e. The molecule has 0 saturated carbocycles. The van der Waals surface area contributed by atoms with Crippen molar-refractivity contribution < 1.29 is 13.2 Å². The van der Waals surface area contributed by atoms with Gasteiger partial charge in [-0.2, -0.15) is 0 Å². The number of sulfone groups is 1. The van der Waals surface area contributed by atoms with Crippen LogP contribution in [0, 0.1) is 3.57 Å². The number of nitrogens with zero attached hydrogens (tertiary/aromatic N) is 1. The lowest BCUT2D eigenvalue weighted by atomic mass is 10.1. The Kier molecular flexibility index (Phi) is 5.06. The number of carbonyl (C=O) groups excluding carboxylic acids is 1. The molecule has 0 aromatic heterocycles. The van der Waals surface area contributed by atoms with Crippen LogP contribution in [0.1, 0.15) is 30.1 Å². The molecule has 4 nitrogen and oxygen atoms in total. The van der Waals surface area contributed by atoms with Crippen LogP contribution in [0.4, 0.5) is 0 Å². The summed E-state index contributed by atoms with van der Waals surface area (Å²) in [6, 6.07) is 7.21. The maximum absolute atomic E-state index is 12.6. The fraction of sp³-hybridized carbons (Fsp3) is 0.500. The molecule has 1 heterocycles. The van der Waals surface area contributed by atoms with Gasteiger partial charge in [0.15, 0.2) is 9.84 Å². The average Bonchev–Trinajstić information content (AvgIpc) is 2.76. The van der Waals surface area contributed by atoms with Crippen LogP contribution in [-0.4, -0.2) is 43.3 Å². The fourth-order valence-electron chi connectivity index (χ4n) is 2.47. The number of benzene rings is 1. The highest BCUT2D eigenvalue weighted by Gasteiger charge is 2.34. The Balaban J connectivity index is 2.20. The van der Waals surface area contributed by atoms with E-state index in [2.05, 4.69) is 22.6 Å². The molecule has 0 aliphatic carbocycles. The first kappa shape index (κ1) is 15.8. The molecule has 110 valence electrons. The molecular formula is C14H18INO3S. The standard InChI is InChI=1S/C14H18INO3S/c1-2-8-16(13-7-9-20(18,19)10-13)14(17)11-3-5-12(15)6-4-11/h3-6,13H,2,7-10H2,1H3. The van der Waals surface area contributed by atoms with Crippen LogP contribution in [0.15, 0.2) is 24.3 Å². The van der Waals surface area contributed by atoms with E-state index in [4.69, 9.17) is 0 Å². The number of rotatable bonds is 4. The Bertz CT molecular complexity index is 583. The maximum atomic E-state index is 12.6. The molecule has 20 heavy (non-hydrogen) atoms. The van der Waals surface area contributed by atoms with Gasteiger partial charge >= 0.3 is 0 Å². The van der Waals surface area contributed by atoms with Gasteiger partial charge in [-0.25, -0.2) is 8.42 Å². The van der Waals surface area contributed by atoms with Crippen LogP contribution in [0.25, 0.3) is 0 Å². The zero-order chi connectivity index (χ0) is 14.8. The Morgan fingerprint density at radius 2 is 2.00 bits per heavy atom. The minimum atomic E-state index is -2.98. The molecule has 1 aromatic rings. The summed E-state index contributed by atoms with van der Waals surface area (Å²) < 4.78 is 24.3. The summed E-state index contributed by atoms with van der Waals surface area (Å²) in [6.07, 6.45) is 1.38. The predicted molar refractivity (Wildman–Crippen MR) is 87.5 cm³/mol.